The summed E-state index contributed by atoms with van der Waals surface area (Å²) in [4.78, 5) is 0. The first-order chi connectivity index (χ1) is 14.1. The minimum Gasteiger partial charge on any atom is -0.487 e. The Balaban J connectivity index is 1.62. The van der Waals surface area contributed by atoms with Gasteiger partial charge in [-0.15, -0.1) is 0 Å². The van der Waals surface area contributed by atoms with E-state index < -0.39 is 0 Å². The predicted molar refractivity (Wildman–Crippen MR) is 120 cm³/mol. The number of ether oxygens (including phenoxy) is 6. The van der Waals surface area contributed by atoms with E-state index in [0.717, 1.165) is 13.4 Å². The fraction of sp³-hybridized carbons (Fsp3) is 0.400. The SMILES string of the molecule is Brc1ccc2c(c1)OCCOCCOc1cc(Br)c(Br)cc1OCCOCCO2. The molecule has 0 spiro atoms. The molecule has 0 atom stereocenters. The van der Waals surface area contributed by atoms with Crippen molar-refractivity contribution in [1.29, 1.82) is 0 Å². The van der Waals surface area contributed by atoms with Crippen molar-refractivity contribution < 1.29 is 28.4 Å². The average molecular weight is 597 g/mol. The summed E-state index contributed by atoms with van der Waals surface area (Å²) in [6.45, 7) is 3.35. The third-order valence-electron chi connectivity index (χ3n) is 3.83. The van der Waals surface area contributed by atoms with E-state index in [2.05, 4.69) is 47.8 Å². The Hall–Kier alpha value is -1.00. The fourth-order valence-corrected chi connectivity index (χ4v) is 3.48. The Labute approximate surface area is 195 Å². The van der Waals surface area contributed by atoms with E-state index in [1.165, 1.54) is 0 Å². The zero-order valence-corrected chi connectivity index (χ0v) is 20.4. The van der Waals surface area contributed by atoms with Gasteiger partial charge in [0, 0.05) is 13.4 Å². The molecule has 1 heterocycles. The smallest absolute Gasteiger partial charge is 0.162 e. The standard InChI is InChI=1S/C20H21Br3O6/c21-14-1-2-17-18(11-14)27-8-4-25-6-10-29-20-13-16(23)15(22)12-19(20)28-9-5-24-3-7-26-17/h1-2,11-13H,3-10H2. The Morgan fingerprint density at radius 2 is 0.897 bits per heavy atom. The zero-order valence-electron chi connectivity index (χ0n) is 15.6. The minimum absolute atomic E-state index is 0.395. The van der Waals surface area contributed by atoms with Gasteiger partial charge in [0.2, 0.25) is 0 Å². The van der Waals surface area contributed by atoms with E-state index in [9.17, 15) is 0 Å². The summed E-state index contributed by atoms with van der Waals surface area (Å²) in [7, 11) is 0. The molecule has 2 aromatic rings. The monoisotopic (exact) mass is 594 g/mol. The van der Waals surface area contributed by atoms with Crippen molar-refractivity contribution in [2.24, 2.45) is 0 Å². The van der Waals surface area contributed by atoms with Crippen LogP contribution in [0.3, 0.4) is 0 Å². The lowest BCUT2D eigenvalue weighted by molar-refractivity contribution is 0.0639. The van der Waals surface area contributed by atoms with Gasteiger partial charge in [-0.1, -0.05) is 15.9 Å². The van der Waals surface area contributed by atoms with Gasteiger partial charge in [-0.3, -0.25) is 0 Å². The van der Waals surface area contributed by atoms with E-state index in [0.29, 0.717) is 75.9 Å². The lowest BCUT2D eigenvalue weighted by Gasteiger charge is -2.16. The lowest BCUT2D eigenvalue weighted by Crippen LogP contribution is -2.15. The van der Waals surface area contributed by atoms with E-state index in [1.807, 2.05) is 30.3 Å². The number of fused-ring (bicyclic) bond motifs is 2. The summed E-state index contributed by atoms with van der Waals surface area (Å²) >= 11 is 10.4. The Morgan fingerprint density at radius 1 is 0.483 bits per heavy atom. The Kier molecular flexibility index (Phi) is 9.38. The third-order valence-corrected chi connectivity index (χ3v) is 6.17. The molecular weight excluding hydrogens is 576 g/mol. The summed E-state index contributed by atoms with van der Waals surface area (Å²) in [5.41, 5.74) is 0. The van der Waals surface area contributed by atoms with Crippen molar-refractivity contribution in [3.63, 3.8) is 0 Å². The molecule has 0 aromatic heterocycles. The van der Waals surface area contributed by atoms with Crippen molar-refractivity contribution in [2.75, 3.05) is 52.9 Å². The molecule has 9 heteroatoms. The van der Waals surface area contributed by atoms with Crippen LogP contribution in [0, 0.1) is 0 Å². The summed E-state index contributed by atoms with van der Waals surface area (Å²) < 4.78 is 37.2. The molecule has 0 saturated carbocycles. The molecule has 6 nitrogen and oxygen atoms in total. The highest BCUT2D eigenvalue weighted by Gasteiger charge is 2.11. The number of benzene rings is 2. The van der Waals surface area contributed by atoms with Crippen molar-refractivity contribution in [3.8, 4) is 23.0 Å². The number of hydrogen-bond acceptors (Lipinski definition) is 6. The molecule has 0 radical (unpaired) electrons. The van der Waals surface area contributed by atoms with Gasteiger partial charge in [-0.25, -0.2) is 0 Å². The lowest BCUT2D eigenvalue weighted by atomic mass is 10.3. The second kappa shape index (κ2) is 12.0. The maximum absolute atomic E-state index is 5.83. The quantitative estimate of drug-likeness (QED) is 0.415. The maximum Gasteiger partial charge on any atom is 0.162 e. The van der Waals surface area contributed by atoms with E-state index >= 15 is 0 Å². The zero-order chi connectivity index (χ0) is 20.5. The normalized spacial score (nSPS) is 16.5. The van der Waals surface area contributed by atoms with Crippen molar-refractivity contribution in [3.05, 3.63) is 43.7 Å². The maximum atomic E-state index is 5.83. The molecule has 0 N–H and O–H groups in total. The molecular formula is C20H21Br3O6. The molecule has 0 bridgehead atoms. The van der Waals surface area contributed by atoms with Crippen LogP contribution in [0.5, 0.6) is 23.0 Å². The van der Waals surface area contributed by atoms with Crippen LogP contribution in [0.2, 0.25) is 0 Å². The molecule has 1 aliphatic heterocycles. The molecule has 0 aliphatic carbocycles. The molecule has 3 rings (SSSR count). The molecule has 0 unspecified atom stereocenters. The van der Waals surface area contributed by atoms with Crippen LogP contribution in [-0.4, -0.2) is 52.9 Å². The first kappa shape index (κ1) is 22.7. The van der Waals surface area contributed by atoms with E-state index in [-0.39, 0.29) is 0 Å². The topological polar surface area (TPSA) is 55.4 Å². The van der Waals surface area contributed by atoms with Crippen LogP contribution >= 0.6 is 47.8 Å². The van der Waals surface area contributed by atoms with Crippen LogP contribution in [0.1, 0.15) is 0 Å². The summed E-state index contributed by atoms with van der Waals surface area (Å²) in [5.74, 6) is 2.61. The second-order valence-electron chi connectivity index (χ2n) is 5.92. The third kappa shape index (κ3) is 7.32. The van der Waals surface area contributed by atoms with Gasteiger partial charge < -0.3 is 28.4 Å². The van der Waals surface area contributed by atoms with Crippen LogP contribution in [0.15, 0.2) is 43.7 Å². The molecule has 29 heavy (non-hydrogen) atoms. The highest BCUT2D eigenvalue weighted by molar-refractivity contribution is 9.13. The van der Waals surface area contributed by atoms with Gasteiger partial charge in [0.25, 0.3) is 0 Å². The van der Waals surface area contributed by atoms with Gasteiger partial charge in [0.1, 0.15) is 26.4 Å². The van der Waals surface area contributed by atoms with E-state index in [4.69, 9.17) is 28.4 Å². The van der Waals surface area contributed by atoms with Crippen LogP contribution in [-0.2, 0) is 9.47 Å². The molecule has 0 saturated heterocycles. The Morgan fingerprint density at radius 3 is 1.38 bits per heavy atom. The van der Waals surface area contributed by atoms with Gasteiger partial charge in [-0.05, 0) is 62.2 Å². The minimum atomic E-state index is 0.395. The van der Waals surface area contributed by atoms with Crippen LogP contribution in [0.4, 0.5) is 0 Å². The second-order valence-corrected chi connectivity index (χ2v) is 8.55. The molecule has 1 aliphatic rings. The van der Waals surface area contributed by atoms with E-state index in [1.54, 1.807) is 0 Å². The highest BCUT2D eigenvalue weighted by atomic mass is 79.9. The number of halogens is 3. The van der Waals surface area contributed by atoms with Crippen molar-refractivity contribution in [2.45, 2.75) is 0 Å². The van der Waals surface area contributed by atoms with Crippen molar-refractivity contribution in [1.82, 2.24) is 0 Å². The Bertz CT molecular complexity index is 802. The largest absolute Gasteiger partial charge is 0.487 e. The van der Waals surface area contributed by atoms with Gasteiger partial charge in [0.05, 0.1) is 26.4 Å². The summed E-state index contributed by atoms with van der Waals surface area (Å²) in [6, 6.07) is 9.38. The van der Waals surface area contributed by atoms with Crippen LogP contribution < -0.4 is 18.9 Å². The number of hydrogen-bond donors (Lipinski definition) is 0. The van der Waals surface area contributed by atoms with Gasteiger partial charge in [-0.2, -0.15) is 0 Å². The highest BCUT2D eigenvalue weighted by Crippen LogP contribution is 2.36. The average Bonchev–Trinajstić information content (AvgIpc) is 2.70. The fourth-order valence-electron chi connectivity index (χ4n) is 2.50. The molecule has 0 fully saturated rings. The summed E-state index contributed by atoms with van der Waals surface area (Å²) in [5, 5.41) is 0. The molecule has 0 amide bonds. The first-order valence-electron chi connectivity index (χ1n) is 9.09. The molecule has 158 valence electrons. The van der Waals surface area contributed by atoms with Gasteiger partial charge >= 0.3 is 0 Å². The van der Waals surface area contributed by atoms with Crippen LogP contribution in [0.25, 0.3) is 0 Å². The first-order valence-corrected chi connectivity index (χ1v) is 11.5. The van der Waals surface area contributed by atoms with Crippen molar-refractivity contribution >= 4 is 47.8 Å². The van der Waals surface area contributed by atoms with Gasteiger partial charge in [0.15, 0.2) is 23.0 Å². The predicted octanol–water partition coefficient (Wildman–Crippen LogP) is 5.24. The number of rotatable bonds is 0. The molecule has 2 aromatic carbocycles. The summed E-state index contributed by atoms with van der Waals surface area (Å²) in [6.07, 6.45) is 0.